The first-order valence-corrected chi connectivity index (χ1v) is 6.21. The zero-order chi connectivity index (χ0) is 9.83. The van der Waals surface area contributed by atoms with Crippen molar-refractivity contribution in [2.75, 3.05) is 21.3 Å². The Morgan fingerprint density at radius 2 is 1.42 bits per heavy atom. The Labute approximate surface area is 86.0 Å². The maximum absolute atomic E-state index is 5.23. The fourth-order valence-corrected chi connectivity index (χ4v) is 4.51. The number of thiol groups is 2. The number of hydrogen-bond acceptors (Lipinski definition) is 5. The van der Waals surface area contributed by atoms with E-state index in [4.69, 9.17) is 13.3 Å². The van der Waals surface area contributed by atoms with Gasteiger partial charge < -0.3 is 13.3 Å². The van der Waals surface area contributed by atoms with Crippen molar-refractivity contribution in [3.8, 4) is 0 Å². The van der Waals surface area contributed by atoms with E-state index in [1.165, 1.54) is 0 Å². The molecule has 3 nitrogen and oxygen atoms in total. The lowest BCUT2D eigenvalue weighted by Crippen LogP contribution is -2.57. The van der Waals surface area contributed by atoms with Crippen molar-refractivity contribution in [3.05, 3.63) is 0 Å². The maximum atomic E-state index is 5.23. The molecular formula is C6H16O3S2Si. The molecule has 0 spiro atoms. The van der Waals surface area contributed by atoms with Gasteiger partial charge in [-0.2, -0.15) is 25.3 Å². The summed E-state index contributed by atoms with van der Waals surface area (Å²) in [7, 11) is 1.94. The fraction of sp³-hybridized carbons (Fsp3) is 1.00. The van der Waals surface area contributed by atoms with Crippen molar-refractivity contribution in [2.45, 2.75) is 17.0 Å². The number of hydrogen-bond donors (Lipinski definition) is 2. The zero-order valence-corrected chi connectivity index (χ0v) is 10.6. The van der Waals surface area contributed by atoms with E-state index in [0.717, 1.165) is 0 Å². The second-order valence-electron chi connectivity index (χ2n) is 2.34. The SMILES string of the molecule is CCC(S)(S)[Si](OC)(OC)OC. The summed E-state index contributed by atoms with van der Waals surface area (Å²) >= 11 is 8.72. The summed E-state index contributed by atoms with van der Waals surface area (Å²) in [5, 5.41) is 0. The summed E-state index contributed by atoms with van der Waals surface area (Å²) in [5.74, 6) is 0. The Hall–Kier alpha value is 0.797. The second-order valence-corrected chi connectivity index (χ2v) is 8.25. The molecular weight excluding hydrogens is 212 g/mol. The molecule has 0 radical (unpaired) electrons. The van der Waals surface area contributed by atoms with Crippen LogP contribution in [0.1, 0.15) is 13.3 Å². The Morgan fingerprint density at radius 3 is 1.50 bits per heavy atom. The third-order valence-electron chi connectivity index (χ3n) is 1.79. The van der Waals surface area contributed by atoms with Gasteiger partial charge in [0.1, 0.15) is 3.70 Å². The van der Waals surface area contributed by atoms with Gasteiger partial charge in [0, 0.05) is 21.3 Å². The molecule has 12 heavy (non-hydrogen) atoms. The molecule has 0 aromatic carbocycles. The van der Waals surface area contributed by atoms with E-state index >= 15 is 0 Å². The van der Waals surface area contributed by atoms with E-state index in [-0.39, 0.29) is 0 Å². The van der Waals surface area contributed by atoms with E-state index in [1.54, 1.807) is 21.3 Å². The van der Waals surface area contributed by atoms with Crippen LogP contribution in [0.15, 0.2) is 0 Å². The van der Waals surface area contributed by atoms with Gasteiger partial charge in [-0.25, -0.2) is 0 Å². The van der Waals surface area contributed by atoms with E-state index in [1.807, 2.05) is 6.92 Å². The van der Waals surface area contributed by atoms with Crippen LogP contribution in [0.4, 0.5) is 0 Å². The summed E-state index contributed by atoms with van der Waals surface area (Å²) in [6.45, 7) is 1.96. The third kappa shape index (κ3) is 2.18. The van der Waals surface area contributed by atoms with Crippen molar-refractivity contribution in [1.29, 1.82) is 0 Å². The molecule has 0 N–H and O–H groups in total. The minimum Gasteiger partial charge on any atom is -0.376 e. The zero-order valence-electron chi connectivity index (χ0n) is 7.83. The minimum atomic E-state index is -2.72. The molecule has 0 aliphatic carbocycles. The van der Waals surface area contributed by atoms with Gasteiger partial charge in [0.05, 0.1) is 0 Å². The van der Waals surface area contributed by atoms with Crippen molar-refractivity contribution in [3.63, 3.8) is 0 Å². The lowest BCUT2D eigenvalue weighted by Gasteiger charge is -2.35. The standard InChI is InChI=1S/C6H16O3S2Si/c1-5-6(10,11)12(7-2,8-3)9-4/h10-11H,5H2,1-4H3. The molecule has 0 aromatic heterocycles. The van der Waals surface area contributed by atoms with Crippen LogP contribution in [0, 0.1) is 0 Å². The molecule has 0 unspecified atom stereocenters. The Kier molecular flexibility index (Phi) is 5.20. The van der Waals surface area contributed by atoms with E-state index < -0.39 is 12.5 Å². The van der Waals surface area contributed by atoms with Gasteiger partial charge in [-0.3, -0.25) is 0 Å². The molecule has 0 rings (SSSR count). The molecule has 0 heterocycles. The molecule has 0 bridgehead atoms. The van der Waals surface area contributed by atoms with Crippen molar-refractivity contribution in [1.82, 2.24) is 0 Å². The Morgan fingerprint density at radius 1 is 1.08 bits per heavy atom. The highest BCUT2D eigenvalue weighted by Crippen LogP contribution is 2.35. The van der Waals surface area contributed by atoms with Gasteiger partial charge >= 0.3 is 8.80 Å². The van der Waals surface area contributed by atoms with Gasteiger partial charge in [-0.15, -0.1) is 0 Å². The van der Waals surface area contributed by atoms with Gasteiger partial charge in [0.15, 0.2) is 0 Å². The molecule has 74 valence electrons. The van der Waals surface area contributed by atoms with Crippen LogP contribution >= 0.6 is 25.3 Å². The predicted octanol–water partition coefficient (Wildman–Crippen LogP) is 1.37. The van der Waals surface area contributed by atoms with Crippen LogP contribution in [0.2, 0.25) is 0 Å². The molecule has 6 heteroatoms. The lowest BCUT2D eigenvalue weighted by molar-refractivity contribution is 0.118. The molecule has 0 amide bonds. The van der Waals surface area contributed by atoms with Crippen LogP contribution in [0.25, 0.3) is 0 Å². The van der Waals surface area contributed by atoms with Gasteiger partial charge in [-0.1, -0.05) is 6.92 Å². The molecule has 0 saturated carbocycles. The first-order chi connectivity index (χ1) is 5.49. The van der Waals surface area contributed by atoms with Crippen LogP contribution in [0.3, 0.4) is 0 Å². The molecule has 0 aliphatic heterocycles. The van der Waals surface area contributed by atoms with E-state index in [0.29, 0.717) is 6.42 Å². The van der Waals surface area contributed by atoms with Gasteiger partial charge in [0.25, 0.3) is 0 Å². The fourth-order valence-electron chi connectivity index (χ4n) is 0.957. The molecule has 0 aliphatic rings. The summed E-state index contributed by atoms with van der Waals surface area (Å²) in [5.41, 5.74) is 0. The highest BCUT2D eigenvalue weighted by molar-refractivity contribution is 8.03. The van der Waals surface area contributed by atoms with Gasteiger partial charge in [-0.05, 0) is 6.42 Å². The maximum Gasteiger partial charge on any atom is 0.527 e. The lowest BCUT2D eigenvalue weighted by atomic mass is 10.6. The summed E-state index contributed by atoms with van der Waals surface area (Å²) in [6.07, 6.45) is 0.709. The summed E-state index contributed by atoms with van der Waals surface area (Å²) < 4.78 is 15.1. The van der Waals surface area contributed by atoms with E-state index in [9.17, 15) is 0 Å². The minimum absolute atomic E-state index is 0.634. The second kappa shape index (κ2) is 4.87. The largest absolute Gasteiger partial charge is 0.527 e. The smallest absolute Gasteiger partial charge is 0.376 e. The van der Waals surface area contributed by atoms with Crippen LogP contribution in [0.5, 0.6) is 0 Å². The molecule has 0 atom stereocenters. The van der Waals surface area contributed by atoms with Crippen molar-refractivity contribution in [2.24, 2.45) is 0 Å². The summed E-state index contributed by atoms with van der Waals surface area (Å²) in [4.78, 5) is 0. The molecule has 0 saturated heterocycles. The highest BCUT2D eigenvalue weighted by atomic mass is 32.2. The first kappa shape index (κ1) is 12.8. The normalized spacial score (nSPS) is 13.5. The van der Waals surface area contributed by atoms with Crippen LogP contribution in [-0.4, -0.2) is 33.8 Å². The number of rotatable bonds is 5. The first-order valence-electron chi connectivity index (χ1n) is 3.59. The van der Waals surface area contributed by atoms with Crippen molar-refractivity contribution >= 4 is 34.1 Å². The monoisotopic (exact) mass is 228 g/mol. The van der Waals surface area contributed by atoms with Crippen molar-refractivity contribution < 1.29 is 13.3 Å². The third-order valence-corrected chi connectivity index (χ3v) is 7.01. The Bertz CT molecular complexity index is 130. The predicted molar refractivity (Wildman–Crippen MR) is 57.8 cm³/mol. The van der Waals surface area contributed by atoms with E-state index in [2.05, 4.69) is 25.3 Å². The average molecular weight is 228 g/mol. The van der Waals surface area contributed by atoms with Gasteiger partial charge in [0.2, 0.25) is 0 Å². The Balaban J connectivity index is 4.69. The molecule has 0 aromatic rings. The quantitative estimate of drug-likeness (QED) is 0.423. The topological polar surface area (TPSA) is 27.7 Å². The molecule has 0 fully saturated rings. The van der Waals surface area contributed by atoms with Crippen LogP contribution < -0.4 is 0 Å². The highest BCUT2D eigenvalue weighted by Gasteiger charge is 2.55. The summed E-state index contributed by atoms with van der Waals surface area (Å²) in [6, 6.07) is 0. The van der Waals surface area contributed by atoms with Crippen LogP contribution in [-0.2, 0) is 13.3 Å². The average Bonchev–Trinajstić information content (AvgIpc) is 2.08.